The monoisotopic (exact) mass is 334 g/mol. The Morgan fingerprint density at radius 1 is 1.56 bits per heavy atom. The van der Waals surface area contributed by atoms with Gasteiger partial charge in [-0.15, -0.1) is 11.3 Å². The van der Waals surface area contributed by atoms with Gasteiger partial charge in [0.2, 0.25) is 0 Å². The lowest BCUT2D eigenvalue weighted by molar-refractivity contribution is -0.165. The molecule has 0 saturated carbocycles. The molecule has 1 saturated heterocycles. The SMILES string of the molecule is CCOC1(C(O)Cc2sccc2Br)CCOCC1. The van der Waals surface area contributed by atoms with E-state index in [-0.39, 0.29) is 0 Å². The summed E-state index contributed by atoms with van der Waals surface area (Å²) in [5, 5.41) is 12.6. The van der Waals surface area contributed by atoms with Gasteiger partial charge < -0.3 is 14.6 Å². The van der Waals surface area contributed by atoms with Crippen LogP contribution >= 0.6 is 27.3 Å². The topological polar surface area (TPSA) is 38.7 Å². The van der Waals surface area contributed by atoms with E-state index in [0.717, 1.165) is 17.3 Å². The molecule has 0 aliphatic carbocycles. The number of aliphatic hydroxyl groups excluding tert-OH is 1. The molecule has 102 valence electrons. The van der Waals surface area contributed by atoms with E-state index < -0.39 is 11.7 Å². The predicted octanol–water partition coefficient (Wildman–Crippen LogP) is 3.00. The number of ether oxygens (including phenoxy) is 2. The van der Waals surface area contributed by atoms with E-state index >= 15 is 0 Å². The van der Waals surface area contributed by atoms with Crippen LogP contribution in [-0.2, 0) is 15.9 Å². The second kappa shape index (κ2) is 6.48. The molecule has 2 heterocycles. The highest BCUT2D eigenvalue weighted by molar-refractivity contribution is 9.10. The summed E-state index contributed by atoms with van der Waals surface area (Å²) in [7, 11) is 0. The molecule has 1 atom stereocenters. The molecule has 0 amide bonds. The number of thiophene rings is 1. The Morgan fingerprint density at radius 3 is 2.83 bits per heavy atom. The van der Waals surface area contributed by atoms with E-state index in [4.69, 9.17) is 9.47 Å². The number of hydrogen-bond acceptors (Lipinski definition) is 4. The molecule has 2 rings (SSSR count). The molecule has 0 aromatic carbocycles. The van der Waals surface area contributed by atoms with Gasteiger partial charge in [0.25, 0.3) is 0 Å². The standard InChI is InChI=1S/C13H19BrO3S/c1-2-17-13(4-6-16-7-5-13)12(15)9-11-10(14)3-8-18-11/h3,8,12,15H,2,4-7,9H2,1H3. The van der Waals surface area contributed by atoms with E-state index in [1.54, 1.807) is 11.3 Å². The molecule has 18 heavy (non-hydrogen) atoms. The van der Waals surface area contributed by atoms with Crippen LogP contribution < -0.4 is 0 Å². The van der Waals surface area contributed by atoms with Crippen LogP contribution in [-0.4, -0.2) is 36.6 Å². The fourth-order valence-electron chi connectivity index (χ4n) is 2.41. The van der Waals surface area contributed by atoms with Crippen molar-refractivity contribution < 1.29 is 14.6 Å². The molecule has 1 N–H and O–H groups in total. The summed E-state index contributed by atoms with van der Waals surface area (Å²) in [5.41, 5.74) is -0.434. The molecule has 1 fully saturated rings. The molecule has 1 aliphatic rings. The van der Waals surface area contributed by atoms with Crippen LogP contribution in [0.1, 0.15) is 24.6 Å². The first kappa shape index (κ1) is 14.5. The van der Waals surface area contributed by atoms with Crippen LogP contribution in [0.3, 0.4) is 0 Å². The number of rotatable bonds is 5. The highest BCUT2D eigenvalue weighted by Crippen LogP contribution is 2.33. The van der Waals surface area contributed by atoms with Crippen LogP contribution in [0.5, 0.6) is 0 Å². The highest BCUT2D eigenvalue weighted by Gasteiger charge is 2.40. The van der Waals surface area contributed by atoms with Crippen molar-refractivity contribution in [3.63, 3.8) is 0 Å². The van der Waals surface area contributed by atoms with E-state index in [9.17, 15) is 5.11 Å². The Labute approximate surface area is 120 Å². The van der Waals surface area contributed by atoms with Gasteiger partial charge in [-0.2, -0.15) is 0 Å². The van der Waals surface area contributed by atoms with Gasteiger partial charge in [0.15, 0.2) is 0 Å². The minimum atomic E-state index is -0.476. The molecule has 3 nitrogen and oxygen atoms in total. The van der Waals surface area contributed by atoms with Crippen molar-refractivity contribution in [1.29, 1.82) is 0 Å². The van der Waals surface area contributed by atoms with Crippen LogP contribution in [0.4, 0.5) is 0 Å². The minimum Gasteiger partial charge on any atom is -0.390 e. The maximum absolute atomic E-state index is 10.6. The van der Waals surface area contributed by atoms with Crippen molar-refractivity contribution in [2.75, 3.05) is 19.8 Å². The summed E-state index contributed by atoms with van der Waals surface area (Å²) < 4.78 is 12.3. The lowest BCUT2D eigenvalue weighted by Crippen LogP contribution is -2.50. The Kier molecular flexibility index (Phi) is 5.21. The fourth-order valence-corrected chi connectivity index (χ4v) is 3.96. The van der Waals surface area contributed by atoms with E-state index in [1.165, 1.54) is 4.88 Å². The van der Waals surface area contributed by atoms with Gasteiger partial charge in [0.1, 0.15) is 0 Å². The van der Waals surface area contributed by atoms with Crippen LogP contribution in [0.15, 0.2) is 15.9 Å². The Hall–Kier alpha value is 0.0600. The summed E-state index contributed by atoms with van der Waals surface area (Å²) in [6, 6.07) is 2.02. The zero-order chi connectivity index (χ0) is 13.0. The van der Waals surface area contributed by atoms with Crippen molar-refractivity contribution in [3.8, 4) is 0 Å². The molecule has 0 radical (unpaired) electrons. The second-order valence-electron chi connectivity index (χ2n) is 4.52. The number of hydrogen-bond donors (Lipinski definition) is 1. The summed E-state index contributed by atoms with van der Waals surface area (Å²) in [4.78, 5) is 1.17. The van der Waals surface area contributed by atoms with Gasteiger partial charge in [-0.25, -0.2) is 0 Å². The lowest BCUT2D eigenvalue weighted by Gasteiger charge is -2.40. The normalized spacial score (nSPS) is 20.8. The van der Waals surface area contributed by atoms with E-state index in [1.807, 2.05) is 18.4 Å². The van der Waals surface area contributed by atoms with E-state index in [2.05, 4.69) is 15.9 Å². The van der Waals surface area contributed by atoms with E-state index in [0.29, 0.717) is 26.2 Å². The second-order valence-corrected chi connectivity index (χ2v) is 6.38. The highest BCUT2D eigenvalue weighted by atomic mass is 79.9. The van der Waals surface area contributed by atoms with Gasteiger partial charge >= 0.3 is 0 Å². The first-order valence-electron chi connectivity index (χ1n) is 6.29. The maximum atomic E-state index is 10.6. The van der Waals surface area contributed by atoms with Crippen LogP contribution in [0.25, 0.3) is 0 Å². The molecule has 1 aromatic heterocycles. The van der Waals surface area contributed by atoms with Gasteiger partial charge in [0, 0.05) is 48.4 Å². The number of aliphatic hydroxyl groups is 1. The minimum absolute atomic E-state index is 0.434. The third-order valence-electron chi connectivity index (χ3n) is 3.45. The van der Waals surface area contributed by atoms with Crippen LogP contribution in [0, 0.1) is 0 Å². The maximum Gasteiger partial charge on any atom is 0.0987 e. The van der Waals surface area contributed by atoms with Crippen molar-refractivity contribution in [2.45, 2.75) is 37.9 Å². The molecule has 1 aliphatic heterocycles. The summed E-state index contributed by atoms with van der Waals surface area (Å²) in [6.45, 7) is 3.94. The van der Waals surface area contributed by atoms with Crippen molar-refractivity contribution >= 4 is 27.3 Å². The zero-order valence-electron chi connectivity index (χ0n) is 10.5. The first-order chi connectivity index (χ1) is 8.68. The van der Waals surface area contributed by atoms with Gasteiger partial charge in [-0.3, -0.25) is 0 Å². The largest absolute Gasteiger partial charge is 0.390 e. The van der Waals surface area contributed by atoms with Crippen molar-refractivity contribution in [1.82, 2.24) is 0 Å². The molecule has 0 bridgehead atoms. The Bertz CT molecular complexity index is 369. The van der Waals surface area contributed by atoms with Crippen molar-refractivity contribution in [2.24, 2.45) is 0 Å². The molecule has 0 spiro atoms. The summed E-state index contributed by atoms with van der Waals surface area (Å²) in [5.74, 6) is 0. The molecule has 1 aromatic rings. The average molecular weight is 335 g/mol. The van der Waals surface area contributed by atoms with Gasteiger partial charge in [-0.05, 0) is 34.3 Å². The third kappa shape index (κ3) is 3.14. The zero-order valence-corrected chi connectivity index (χ0v) is 12.9. The number of halogens is 1. The predicted molar refractivity (Wildman–Crippen MR) is 76.1 cm³/mol. The summed E-state index contributed by atoms with van der Waals surface area (Å²) >= 11 is 5.17. The summed E-state index contributed by atoms with van der Waals surface area (Å²) in [6.07, 6.45) is 1.70. The first-order valence-corrected chi connectivity index (χ1v) is 7.97. The Morgan fingerprint density at radius 2 is 2.28 bits per heavy atom. The lowest BCUT2D eigenvalue weighted by atomic mass is 9.86. The van der Waals surface area contributed by atoms with Crippen LogP contribution in [0.2, 0.25) is 0 Å². The molecular formula is C13H19BrO3S. The molecule has 1 unspecified atom stereocenters. The van der Waals surface area contributed by atoms with Gasteiger partial charge in [0.05, 0.1) is 11.7 Å². The fraction of sp³-hybridized carbons (Fsp3) is 0.692. The smallest absolute Gasteiger partial charge is 0.0987 e. The van der Waals surface area contributed by atoms with Crippen molar-refractivity contribution in [3.05, 3.63) is 20.8 Å². The quantitative estimate of drug-likeness (QED) is 0.899. The van der Waals surface area contributed by atoms with Gasteiger partial charge in [-0.1, -0.05) is 0 Å². The molecule has 5 heteroatoms. The third-order valence-corrected chi connectivity index (χ3v) is 5.40. The Balaban J connectivity index is 2.08. The molecular weight excluding hydrogens is 316 g/mol. The average Bonchev–Trinajstić information content (AvgIpc) is 2.76.